The Morgan fingerprint density at radius 2 is 2.47 bits per heavy atom. The summed E-state index contributed by atoms with van der Waals surface area (Å²) in [6.07, 6.45) is 5.08. The van der Waals surface area contributed by atoms with Crippen LogP contribution in [0.2, 0.25) is 0 Å². The van der Waals surface area contributed by atoms with E-state index in [1.807, 2.05) is 6.08 Å². The van der Waals surface area contributed by atoms with E-state index in [1.54, 1.807) is 23.0 Å². The maximum atomic E-state index is 12.0. The zero-order valence-electron chi connectivity index (χ0n) is 9.54. The van der Waals surface area contributed by atoms with Gasteiger partial charge in [0.1, 0.15) is 0 Å². The van der Waals surface area contributed by atoms with Crippen LogP contribution in [0.3, 0.4) is 0 Å². The van der Waals surface area contributed by atoms with E-state index in [9.17, 15) is 4.79 Å². The third-order valence-corrected chi connectivity index (χ3v) is 3.47. The molecule has 1 aromatic rings. The number of hydrogen-bond donors (Lipinski definition) is 1. The summed E-state index contributed by atoms with van der Waals surface area (Å²) in [6, 6.07) is 0.0123. The van der Waals surface area contributed by atoms with Gasteiger partial charge in [-0.3, -0.25) is 0 Å². The molecular formula is C11H14N4O2. The van der Waals surface area contributed by atoms with Crippen LogP contribution in [-0.2, 0) is 0 Å². The van der Waals surface area contributed by atoms with Crippen molar-refractivity contribution in [3.05, 3.63) is 24.4 Å². The molecule has 2 amide bonds. The number of carbonyl (C=O) groups is 1. The first-order chi connectivity index (χ1) is 8.22. The topological polar surface area (TPSA) is 75.6 Å². The van der Waals surface area contributed by atoms with Crippen LogP contribution in [0.1, 0.15) is 5.76 Å². The normalized spacial score (nSPS) is 27.6. The van der Waals surface area contributed by atoms with Crippen molar-refractivity contribution in [2.45, 2.75) is 12.1 Å². The van der Waals surface area contributed by atoms with Crippen molar-refractivity contribution in [3.63, 3.8) is 0 Å². The Labute approximate surface area is 98.7 Å². The highest BCUT2D eigenvalue weighted by Gasteiger charge is 2.44. The smallest absolute Gasteiger partial charge is 0.320 e. The van der Waals surface area contributed by atoms with E-state index in [2.05, 4.69) is 4.98 Å². The van der Waals surface area contributed by atoms with Crippen LogP contribution < -0.4 is 5.73 Å². The molecule has 2 aliphatic rings. The number of fused-ring (bicyclic) bond motifs is 2. The number of aromatic nitrogens is 1. The van der Waals surface area contributed by atoms with Crippen molar-refractivity contribution in [2.75, 3.05) is 20.1 Å². The number of rotatable bonds is 2. The molecule has 2 bridgehead atoms. The largest absolute Gasteiger partial charge is 0.444 e. The molecule has 1 aromatic heterocycles. The number of carbonyl (C=O) groups excluding carboxylic acids is 1. The van der Waals surface area contributed by atoms with Crippen molar-refractivity contribution in [1.82, 2.24) is 14.8 Å². The number of urea groups is 1. The fourth-order valence-corrected chi connectivity index (χ4v) is 2.52. The summed E-state index contributed by atoms with van der Waals surface area (Å²) >= 11 is 0. The molecule has 0 radical (unpaired) electrons. The molecule has 1 fully saturated rings. The van der Waals surface area contributed by atoms with Gasteiger partial charge in [0.2, 0.25) is 0 Å². The molecule has 3 rings (SSSR count). The first kappa shape index (κ1) is 10.3. The molecule has 3 heterocycles. The average molecular weight is 234 g/mol. The molecule has 0 saturated carbocycles. The van der Waals surface area contributed by atoms with Gasteiger partial charge in [0.05, 0.1) is 18.3 Å². The van der Waals surface area contributed by atoms with Gasteiger partial charge >= 0.3 is 6.03 Å². The molecule has 90 valence electrons. The van der Waals surface area contributed by atoms with E-state index in [0.29, 0.717) is 13.1 Å². The minimum atomic E-state index is -0.0520. The highest BCUT2D eigenvalue weighted by molar-refractivity contribution is 5.85. The lowest BCUT2D eigenvalue weighted by molar-refractivity contribution is 0.191. The molecule has 1 saturated heterocycles. The average Bonchev–Trinajstić information content (AvgIpc) is 2.95. The van der Waals surface area contributed by atoms with Crippen LogP contribution in [-0.4, -0.2) is 53.0 Å². The minimum absolute atomic E-state index is 0.0243. The van der Waals surface area contributed by atoms with Gasteiger partial charge in [-0.25, -0.2) is 9.78 Å². The predicted octanol–water partition coefficient (Wildman–Crippen LogP) is 0.135. The molecule has 6 nitrogen and oxygen atoms in total. The lowest BCUT2D eigenvalue weighted by atomic mass is 9.98. The molecule has 2 aliphatic heterocycles. The van der Waals surface area contributed by atoms with Crippen LogP contribution in [0.25, 0.3) is 5.57 Å². The molecular weight excluding hydrogens is 220 g/mol. The Bertz CT molecular complexity index is 468. The zero-order valence-corrected chi connectivity index (χ0v) is 9.54. The Morgan fingerprint density at radius 1 is 1.65 bits per heavy atom. The summed E-state index contributed by atoms with van der Waals surface area (Å²) in [5.41, 5.74) is 6.71. The monoisotopic (exact) mass is 234 g/mol. The van der Waals surface area contributed by atoms with Gasteiger partial charge in [-0.1, -0.05) is 6.08 Å². The van der Waals surface area contributed by atoms with Gasteiger partial charge in [-0.2, -0.15) is 0 Å². The number of amides is 2. The second-order valence-corrected chi connectivity index (χ2v) is 4.35. The highest BCUT2D eigenvalue weighted by atomic mass is 16.3. The second-order valence-electron chi connectivity index (χ2n) is 4.35. The number of likely N-dealkylation sites (N-methyl/N-ethyl adjacent to an activating group) is 1. The van der Waals surface area contributed by atoms with E-state index in [0.717, 1.165) is 11.3 Å². The van der Waals surface area contributed by atoms with Crippen molar-refractivity contribution in [3.8, 4) is 0 Å². The molecule has 0 spiro atoms. The van der Waals surface area contributed by atoms with Gasteiger partial charge in [0.15, 0.2) is 12.2 Å². The van der Waals surface area contributed by atoms with E-state index in [4.69, 9.17) is 10.2 Å². The van der Waals surface area contributed by atoms with E-state index >= 15 is 0 Å². The summed E-state index contributed by atoms with van der Waals surface area (Å²) in [5.74, 6) is 0.717. The molecule has 6 heteroatoms. The van der Waals surface area contributed by atoms with Gasteiger partial charge < -0.3 is 20.0 Å². The van der Waals surface area contributed by atoms with Crippen molar-refractivity contribution in [1.29, 1.82) is 0 Å². The predicted molar refractivity (Wildman–Crippen MR) is 61.0 cm³/mol. The number of nitrogens with zero attached hydrogens (tertiary/aromatic N) is 3. The van der Waals surface area contributed by atoms with Crippen LogP contribution in [0.5, 0.6) is 0 Å². The first-order valence-corrected chi connectivity index (χ1v) is 5.56. The first-order valence-electron chi connectivity index (χ1n) is 5.56. The molecule has 2 N–H and O–H groups in total. The Balaban J connectivity index is 2.04. The Kier molecular flexibility index (Phi) is 2.19. The van der Waals surface area contributed by atoms with Crippen LogP contribution in [0.15, 0.2) is 23.1 Å². The van der Waals surface area contributed by atoms with Crippen LogP contribution >= 0.6 is 0 Å². The number of nitrogens with two attached hydrogens (primary N) is 1. The van der Waals surface area contributed by atoms with E-state index in [-0.39, 0.29) is 18.1 Å². The summed E-state index contributed by atoms with van der Waals surface area (Å²) in [7, 11) is 1.80. The lowest BCUT2D eigenvalue weighted by Crippen LogP contribution is -2.42. The SMILES string of the molecule is CN1C(=O)N2CC1C(c1cnco1)=C[C@H]2CN. The molecule has 17 heavy (non-hydrogen) atoms. The van der Waals surface area contributed by atoms with E-state index < -0.39 is 0 Å². The third kappa shape index (κ3) is 1.37. The maximum absolute atomic E-state index is 12.0. The standard InChI is InChI=1S/C11H14N4O2/c1-14-9-5-15(11(14)16)7(3-12)2-8(9)10-4-13-6-17-10/h2,4,6-7,9H,3,5,12H2,1H3/t7-,9?/m0/s1. The van der Waals surface area contributed by atoms with Crippen molar-refractivity contribution in [2.24, 2.45) is 5.73 Å². The van der Waals surface area contributed by atoms with Gasteiger partial charge in [-0.05, 0) is 0 Å². The summed E-state index contributed by atoms with van der Waals surface area (Å²) in [5, 5.41) is 0. The number of oxazole rings is 1. The minimum Gasteiger partial charge on any atom is -0.444 e. The van der Waals surface area contributed by atoms with Crippen LogP contribution in [0, 0.1) is 0 Å². The Hall–Kier alpha value is -1.82. The van der Waals surface area contributed by atoms with Crippen LogP contribution in [0.4, 0.5) is 4.79 Å². The van der Waals surface area contributed by atoms with Gasteiger partial charge in [0.25, 0.3) is 0 Å². The molecule has 0 aromatic carbocycles. The summed E-state index contributed by atoms with van der Waals surface area (Å²) < 4.78 is 5.32. The summed E-state index contributed by atoms with van der Waals surface area (Å²) in [6.45, 7) is 1.09. The number of hydrogen-bond acceptors (Lipinski definition) is 4. The fraction of sp³-hybridized carbons (Fsp3) is 0.455. The summed E-state index contributed by atoms with van der Waals surface area (Å²) in [4.78, 5) is 19.4. The molecule has 2 atom stereocenters. The van der Waals surface area contributed by atoms with Gasteiger partial charge in [0, 0.05) is 25.7 Å². The van der Waals surface area contributed by atoms with Crippen molar-refractivity contribution < 1.29 is 9.21 Å². The quantitative estimate of drug-likeness (QED) is 0.789. The zero-order chi connectivity index (χ0) is 12.0. The third-order valence-electron chi connectivity index (χ3n) is 3.47. The van der Waals surface area contributed by atoms with E-state index in [1.165, 1.54) is 6.39 Å². The molecule has 1 unspecified atom stereocenters. The highest BCUT2D eigenvalue weighted by Crippen LogP contribution is 2.33. The van der Waals surface area contributed by atoms with Gasteiger partial charge in [-0.15, -0.1) is 0 Å². The fourth-order valence-electron chi connectivity index (χ4n) is 2.52. The van der Waals surface area contributed by atoms with Crippen molar-refractivity contribution >= 4 is 11.6 Å². The Morgan fingerprint density at radius 3 is 3.12 bits per heavy atom. The lowest BCUT2D eigenvalue weighted by Gasteiger charge is -2.28. The second kappa shape index (κ2) is 3.59. The molecule has 0 aliphatic carbocycles. The maximum Gasteiger partial charge on any atom is 0.320 e.